The quantitative estimate of drug-likeness (QED) is 0.729. The summed E-state index contributed by atoms with van der Waals surface area (Å²) in [6, 6.07) is 4.91. The Morgan fingerprint density at radius 2 is 1.96 bits per heavy atom. The van der Waals surface area contributed by atoms with Gasteiger partial charge < -0.3 is 9.30 Å². The maximum Gasteiger partial charge on any atom is 0.418 e. The third-order valence-corrected chi connectivity index (χ3v) is 3.37. The molecule has 0 aliphatic heterocycles. The molecule has 0 aliphatic carbocycles. The van der Waals surface area contributed by atoms with Crippen molar-refractivity contribution >= 4 is 17.2 Å². The van der Waals surface area contributed by atoms with Crippen LogP contribution in [-0.2, 0) is 6.18 Å². The number of aromatic nitrogens is 3. The van der Waals surface area contributed by atoms with Crippen molar-refractivity contribution in [2.75, 3.05) is 11.9 Å². The van der Waals surface area contributed by atoms with Crippen molar-refractivity contribution in [1.29, 1.82) is 0 Å². The van der Waals surface area contributed by atoms with Gasteiger partial charge in [-0.05, 0) is 12.1 Å². The first-order valence-electron chi connectivity index (χ1n) is 6.61. The van der Waals surface area contributed by atoms with Gasteiger partial charge in [0.15, 0.2) is 5.65 Å². The summed E-state index contributed by atoms with van der Waals surface area (Å²) in [4.78, 5) is 21.3. The van der Waals surface area contributed by atoms with Gasteiger partial charge in [-0.3, -0.25) is 4.79 Å². The Morgan fingerprint density at radius 1 is 1.22 bits per heavy atom. The highest BCUT2D eigenvalue weighted by Gasteiger charge is 2.35. The van der Waals surface area contributed by atoms with Crippen molar-refractivity contribution in [3.8, 4) is 0 Å². The molecule has 0 atom stereocenters. The molecule has 0 aliphatic rings. The van der Waals surface area contributed by atoms with Crippen LogP contribution < -0.4 is 4.90 Å². The number of anilines is 1. The number of benzene rings is 1. The molecule has 2 heterocycles. The molecule has 0 N–H and O–H groups in total. The molecule has 0 bridgehead atoms. The van der Waals surface area contributed by atoms with Gasteiger partial charge in [0.1, 0.15) is 5.69 Å². The number of rotatable bonds is 2. The Labute approximate surface area is 129 Å². The lowest BCUT2D eigenvalue weighted by molar-refractivity contribution is -0.137. The molecule has 1 aromatic carbocycles. The summed E-state index contributed by atoms with van der Waals surface area (Å²) in [6.45, 7) is 0. The molecule has 2 aromatic heterocycles. The van der Waals surface area contributed by atoms with Crippen LogP contribution in [0.2, 0.25) is 0 Å². The molecular weight excluding hydrogens is 309 g/mol. The number of carbonyl (C=O) groups is 1. The van der Waals surface area contributed by atoms with Crippen molar-refractivity contribution in [3.05, 3.63) is 60.3 Å². The van der Waals surface area contributed by atoms with Crippen LogP contribution in [0, 0.1) is 0 Å². The van der Waals surface area contributed by atoms with Crippen LogP contribution in [-0.4, -0.2) is 27.3 Å². The lowest BCUT2D eigenvalue weighted by Gasteiger charge is -2.21. The van der Waals surface area contributed by atoms with E-state index in [1.54, 1.807) is 10.6 Å². The van der Waals surface area contributed by atoms with Gasteiger partial charge in [0, 0.05) is 25.6 Å². The van der Waals surface area contributed by atoms with Crippen LogP contribution in [0.3, 0.4) is 0 Å². The van der Waals surface area contributed by atoms with Crippen LogP contribution in [0.5, 0.6) is 0 Å². The zero-order chi connectivity index (χ0) is 16.6. The maximum atomic E-state index is 13.1. The monoisotopic (exact) mass is 320 g/mol. The Balaban J connectivity index is 2.00. The summed E-state index contributed by atoms with van der Waals surface area (Å²) in [6.07, 6.45) is 1.42. The van der Waals surface area contributed by atoms with Gasteiger partial charge in [0.05, 0.1) is 17.4 Å². The van der Waals surface area contributed by atoms with E-state index in [1.807, 2.05) is 0 Å². The van der Waals surface area contributed by atoms with Crippen molar-refractivity contribution in [3.63, 3.8) is 0 Å². The molecule has 0 saturated heterocycles. The number of amides is 1. The molecule has 1 amide bonds. The number of imidazole rings is 1. The van der Waals surface area contributed by atoms with Gasteiger partial charge in [-0.15, -0.1) is 0 Å². The number of hydrogen-bond acceptors (Lipinski definition) is 3. The SMILES string of the molecule is CN(C(=O)c1cn2ccnc2cn1)c1ccccc1C(F)(F)F. The second kappa shape index (κ2) is 5.38. The van der Waals surface area contributed by atoms with E-state index >= 15 is 0 Å². The smallest absolute Gasteiger partial charge is 0.309 e. The van der Waals surface area contributed by atoms with E-state index in [0.717, 1.165) is 11.0 Å². The average molecular weight is 320 g/mol. The predicted molar refractivity (Wildman–Crippen MR) is 77.2 cm³/mol. The number of fused-ring (bicyclic) bond motifs is 1. The van der Waals surface area contributed by atoms with Crippen molar-refractivity contribution < 1.29 is 18.0 Å². The number of alkyl halides is 3. The zero-order valence-electron chi connectivity index (χ0n) is 11.9. The first kappa shape index (κ1) is 15.0. The summed E-state index contributed by atoms with van der Waals surface area (Å²) >= 11 is 0. The molecule has 0 unspecified atom stereocenters. The highest BCUT2D eigenvalue weighted by molar-refractivity contribution is 6.04. The molecule has 3 aromatic rings. The molecule has 3 rings (SSSR count). The zero-order valence-corrected chi connectivity index (χ0v) is 11.9. The lowest BCUT2D eigenvalue weighted by atomic mass is 10.1. The first-order chi connectivity index (χ1) is 10.9. The topological polar surface area (TPSA) is 50.5 Å². The van der Waals surface area contributed by atoms with Crippen LogP contribution in [0.1, 0.15) is 16.1 Å². The molecule has 0 fully saturated rings. The first-order valence-corrected chi connectivity index (χ1v) is 6.61. The molecule has 23 heavy (non-hydrogen) atoms. The Morgan fingerprint density at radius 3 is 2.70 bits per heavy atom. The van der Waals surface area contributed by atoms with Gasteiger partial charge in [0.2, 0.25) is 0 Å². The molecule has 0 saturated carbocycles. The fourth-order valence-corrected chi connectivity index (χ4v) is 2.22. The number of nitrogens with zero attached hydrogens (tertiary/aromatic N) is 4. The third kappa shape index (κ3) is 2.75. The molecule has 8 heteroatoms. The number of halogens is 3. The predicted octanol–water partition coefficient (Wildman–Crippen LogP) is 3.02. The van der Waals surface area contributed by atoms with Crippen molar-refractivity contribution in [2.45, 2.75) is 6.18 Å². The second-order valence-corrected chi connectivity index (χ2v) is 4.84. The van der Waals surface area contributed by atoms with Gasteiger partial charge in [-0.2, -0.15) is 13.2 Å². The Hall–Kier alpha value is -2.90. The van der Waals surface area contributed by atoms with E-state index < -0.39 is 17.6 Å². The number of para-hydroxylation sites is 1. The van der Waals surface area contributed by atoms with E-state index in [4.69, 9.17) is 0 Å². The lowest BCUT2D eigenvalue weighted by Crippen LogP contribution is -2.29. The van der Waals surface area contributed by atoms with Crippen LogP contribution in [0.25, 0.3) is 5.65 Å². The summed E-state index contributed by atoms with van der Waals surface area (Å²) in [5.74, 6) is -0.641. The van der Waals surface area contributed by atoms with E-state index in [-0.39, 0.29) is 11.4 Å². The summed E-state index contributed by atoms with van der Waals surface area (Å²) in [5, 5.41) is 0. The Bertz CT molecular complexity index is 872. The van der Waals surface area contributed by atoms with Gasteiger partial charge >= 0.3 is 6.18 Å². The summed E-state index contributed by atoms with van der Waals surface area (Å²) in [5.41, 5.74) is -0.535. The molecule has 0 spiro atoms. The van der Waals surface area contributed by atoms with Gasteiger partial charge in [0.25, 0.3) is 5.91 Å². The highest BCUT2D eigenvalue weighted by Crippen LogP contribution is 2.36. The summed E-state index contributed by atoms with van der Waals surface area (Å²) in [7, 11) is 1.28. The van der Waals surface area contributed by atoms with Crippen molar-refractivity contribution in [1.82, 2.24) is 14.4 Å². The highest BCUT2D eigenvalue weighted by atomic mass is 19.4. The van der Waals surface area contributed by atoms with E-state index in [1.165, 1.54) is 43.8 Å². The van der Waals surface area contributed by atoms with Crippen LogP contribution >= 0.6 is 0 Å². The molecular formula is C15H11F3N4O. The molecule has 118 valence electrons. The molecule has 5 nitrogen and oxygen atoms in total. The summed E-state index contributed by atoms with van der Waals surface area (Å²) < 4.78 is 40.8. The number of carbonyl (C=O) groups excluding carboxylic acids is 1. The fraction of sp³-hybridized carbons (Fsp3) is 0.133. The van der Waals surface area contributed by atoms with E-state index in [0.29, 0.717) is 5.65 Å². The second-order valence-electron chi connectivity index (χ2n) is 4.84. The minimum atomic E-state index is -4.55. The minimum absolute atomic E-state index is 0.0231. The number of hydrogen-bond donors (Lipinski definition) is 0. The minimum Gasteiger partial charge on any atom is -0.309 e. The third-order valence-electron chi connectivity index (χ3n) is 3.37. The van der Waals surface area contributed by atoms with Crippen molar-refractivity contribution in [2.24, 2.45) is 0 Å². The maximum absolute atomic E-state index is 13.1. The molecule has 0 radical (unpaired) electrons. The largest absolute Gasteiger partial charge is 0.418 e. The fourth-order valence-electron chi connectivity index (χ4n) is 2.22. The van der Waals surface area contributed by atoms with E-state index in [2.05, 4.69) is 9.97 Å². The van der Waals surface area contributed by atoms with Gasteiger partial charge in [-0.1, -0.05) is 12.1 Å². The van der Waals surface area contributed by atoms with Gasteiger partial charge in [-0.25, -0.2) is 9.97 Å². The van der Waals surface area contributed by atoms with Crippen LogP contribution in [0.15, 0.2) is 49.1 Å². The normalized spacial score (nSPS) is 11.7. The van der Waals surface area contributed by atoms with E-state index in [9.17, 15) is 18.0 Å². The average Bonchev–Trinajstić information content (AvgIpc) is 3.00. The Kier molecular flexibility index (Phi) is 3.51. The standard InChI is InChI=1S/C15H11F3N4O/c1-21(12-5-3-2-4-10(12)15(16,17)18)14(23)11-9-22-7-6-19-13(22)8-20-11/h2-9H,1H3. The van der Waals surface area contributed by atoms with Crippen LogP contribution in [0.4, 0.5) is 18.9 Å².